The molecule has 0 saturated heterocycles. The first kappa shape index (κ1) is 25.5. The van der Waals surface area contributed by atoms with Crippen molar-refractivity contribution in [2.24, 2.45) is 10.9 Å². The van der Waals surface area contributed by atoms with Gasteiger partial charge in [0.2, 0.25) is 0 Å². The van der Waals surface area contributed by atoms with Crippen molar-refractivity contribution < 1.29 is 28.5 Å². The first-order valence-corrected chi connectivity index (χ1v) is 12.3. The monoisotopic (exact) mass is 491 g/mol. The fraction of sp³-hybridized carbons (Fsp3) is 0.414. The largest absolute Gasteiger partial charge is 0.496 e. The molecule has 0 amide bonds. The van der Waals surface area contributed by atoms with E-state index in [-0.39, 0.29) is 17.7 Å². The summed E-state index contributed by atoms with van der Waals surface area (Å²) < 4.78 is 22.0. The van der Waals surface area contributed by atoms with Crippen LogP contribution in [0.3, 0.4) is 0 Å². The molecule has 0 fully saturated rings. The van der Waals surface area contributed by atoms with Gasteiger partial charge >= 0.3 is 5.97 Å². The van der Waals surface area contributed by atoms with Crippen LogP contribution in [0.5, 0.6) is 17.2 Å². The van der Waals surface area contributed by atoms with Crippen LogP contribution in [-0.4, -0.2) is 45.4 Å². The zero-order valence-corrected chi connectivity index (χ0v) is 21.5. The fourth-order valence-electron chi connectivity index (χ4n) is 5.26. The van der Waals surface area contributed by atoms with Gasteiger partial charge < -0.3 is 18.9 Å². The van der Waals surface area contributed by atoms with Gasteiger partial charge in [-0.3, -0.25) is 14.6 Å². The van der Waals surface area contributed by atoms with E-state index in [1.807, 2.05) is 56.3 Å². The lowest BCUT2D eigenvalue weighted by atomic mass is 9.69. The smallest absolute Gasteiger partial charge is 0.315 e. The number of ketones is 1. The summed E-state index contributed by atoms with van der Waals surface area (Å²) in [5, 5.41) is 0. The molecule has 0 aromatic heterocycles. The van der Waals surface area contributed by atoms with Crippen LogP contribution < -0.4 is 14.2 Å². The number of aliphatic imine (C=N–C) groups is 1. The van der Waals surface area contributed by atoms with Gasteiger partial charge in [-0.2, -0.15) is 0 Å². The molecule has 0 radical (unpaired) electrons. The maximum atomic E-state index is 13.8. The summed E-state index contributed by atoms with van der Waals surface area (Å²) in [5.41, 5.74) is 3.72. The second-order valence-electron chi connectivity index (χ2n) is 9.12. The number of hydrogen-bond donors (Lipinski definition) is 0. The van der Waals surface area contributed by atoms with Gasteiger partial charge in [-0.15, -0.1) is 0 Å². The second-order valence-corrected chi connectivity index (χ2v) is 9.12. The molecule has 1 unspecified atom stereocenters. The number of allylic oxidation sites excluding steroid dienone is 2. The van der Waals surface area contributed by atoms with Crippen LogP contribution in [0.2, 0.25) is 0 Å². The van der Waals surface area contributed by atoms with E-state index in [2.05, 4.69) is 0 Å². The average molecular weight is 492 g/mol. The lowest BCUT2D eigenvalue weighted by Crippen LogP contribution is -2.38. The molecule has 190 valence electrons. The Kier molecular flexibility index (Phi) is 7.77. The normalized spacial score (nSPS) is 21.4. The van der Waals surface area contributed by atoms with Crippen LogP contribution in [0.4, 0.5) is 0 Å². The molecular weight excluding hydrogens is 458 g/mol. The summed E-state index contributed by atoms with van der Waals surface area (Å²) in [6.07, 6.45) is 1.61. The summed E-state index contributed by atoms with van der Waals surface area (Å²) >= 11 is 0. The number of hydrogen-bond acceptors (Lipinski definition) is 7. The molecule has 7 heteroatoms. The second kappa shape index (κ2) is 11.0. The van der Waals surface area contributed by atoms with Crippen LogP contribution in [-0.2, 0) is 14.3 Å². The lowest BCUT2D eigenvalue weighted by molar-refractivity contribution is -0.146. The summed E-state index contributed by atoms with van der Waals surface area (Å²) in [4.78, 5) is 31.9. The Labute approximate surface area is 212 Å². The minimum atomic E-state index is -0.687. The van der Waals surface area contributed by atoms with E-state index in [0.29, 0.717) is 54.4 Å². The third kappa shape index (κ3) is 4.74. The highest BCUT2D eigenvalue weighted by atomic mass is 16.5. The Bertz CT molecular complexity index is 1210. The third-order valence-electron chi connectivity index (χ3n) is 6.94. The van der Waals surface area contributed by atoms with Crippen molar-refractivity contribution in [1.82, 2.24) is 0 Å². The summed E-state index contributed by atoms with van der Waals surface area (Å²) in [7, 11) is 4.79. The van der Waals surface area contributed by atoms with Gasteiger partial charge in [0.05, 0.1) is 27.9 Å². The number of benzene rings is 2. The topological polar surface area (TPSA) is 83.4 Å². The molecular formula is C29H33NO6. The van der Waals surface area contributed by atoms with E-state index in [1.165, 1.54) is 0 Å². The highest BCUT2D eigenvalue weighted by molar-refractivity contribution is 6.09. The van der Waals surface area contributed by atoms with Crippen molar-refractivity contribution in [3.8, 4) is 17.2 Å². The predicted octanol–water partition coefficient (Wildman–Crippen LogP) is 5.24. The van der Waals surface area contributed by atoms with Gasteiger partial charge in [0.15, 0.2) is 17.3 Å². The summed E-state index contributed by atoms with van der Waals surface area (Å²) in [6, 6.07) is 13.3. The van der Waals surface area contributed by atoms with Gasteiger partial charge in [-0.1, -0.05) is 31.2 Å². The van der Waals surface area contributed by atoms with Gasteiger partial charge in [0.1, 0.15) is 11.7 Å². The van der Waals surface area contributed by atoms with E-state index in [4.69, 9.17) is 23.9 Å². The number of nitrogens with zero attached hydrogens (tertiary/aromatic N) is 1. The van der Waals surface area contributed by atoms with E-state index in [0.717, 1.165) is 16.8 Å². The SMILES string of the molecule is CCCOC(=O)C1C(C)=NC2=C(C(=O)C[C@H](c3ccc(OC)c(OC)c3)C2)[C@@H]1c1ccccc1OC. The molecule has 0 bridgehead atoms. The van der Waals surface area contributed by atoms with Crippen molar-refractivity contribution in [3.63, 3.8) is 0 Å². The van der Waals surface area contributed by atoms with Gasteiger partial charge in [0.25, 0.3) is 0 Å². The highest BCUT2D eigenvalue weighted by Gasteiger charge is 2.45. The zero-order valence-electron chi connectivity index (χ0n) is 21.5. The summed E-state index contributed by atoms with van der Waals surface area (Å²) in [6.45, 7) is 4.11. The Balaban J connectivity index is 1.79. The first-order chi connectivity index (χ1) is 17.4. The maximum Gasteiger partial charge on any atom is 0.315 e. The van der Waals surface area contributed by atoms with E-state index >= 15 is 0 Å². The van der Waals surface area contributed by atoms with Crippen molar-refractivity contribution in [2.75, 3.05) is 27.9 Å². The molecule has 1 heterocycles. The molecule has 2 aliphatic rings. The first-order valence-electron chi connectivity index (χ1n) is 12.3. The molecule has 36 heavy (non-hydrogen) atoms. The number of ether oxygens (including phenoxy) is 4. The van der Waals surface area contributed by atoms with Gasteiger partial charge in [-0.05, 0) is 49.4 Å². The fourth-order valence-corrected chi connectivity index (χ4v) is 5.26. The van der Waals surface area contributed by atoms with Crippen LogP contribution in [0, 0.1) is 5.92 Å². The molecule has 4 rings (SSSR count). The highest BCUT2D eigenvalue weighted by Crippen LogP contribution is 2.49. The number of carbonyl (C=O) groups excluding carboxylic acids is 2. The maximum absolute atomic E-state index is 13.8. The van der Waals surface area contributed by atoms with Crippen molar-refractivity contribution in [1.29, 1.82) is 0 Å². The Morgan fingerprint density at radius 1 is 0.972 bits per heavy atom. The number of rotatable bonds is 8. The van der Waals surface area contributed by atoms with Crippen LogP contribution in [0.25, 0.3) is 0 Å². The van der Waals surface area contributed by atoms with E-state index < -0.39 is 11.8 Å². The van der Waals surface area contributed by atoms with E-state index in [9.17, 15) is 9.59 Å². The predicted molar refractivity (Wildman–Crippen MR) is 137 cm³/mol. The number of methoxy groups -OCH3 is 3. The molecule has 0 spiro atoms. The number of para-hydroxylation sites is 1. The Morgan fingerprint density at radius 3 is 2.39 bits per heavy atom. The molecule has 1 aliphatic carbocycles. The average Bonchev–Trinajstić information content (AvgIpc) is 2.90. The number of esters is 1. The Hall–Kier alpha value is -3.61. The van der Waals surface area contributed by atoms with Crippen molar-refractivity contribution >= 4 is 17.5 Å². The summed E-state index contributed by atoms with van der Waals surface area (Å²) in [5.74, 6) is 0.245. The van der Waals surface area contributed by atoms with Gasteiger partial charge in [-0.25, -0.2) is 0 Å². The van der Waals surface area contributed by atoms with Crippen LogP contribution in [0.15, 0.2) is 58.7 Å². The van der Waals surface area contributed by atoms with Crippen molar-refractivity contribution in [3.05, 3.63) is 64.9 Å². The molecule has 0 saturated carbocycles. The molecule has 0 N–H and O–H groups in total. The zero-order chi connectivity index (χ0) is 25.8. The number of Topliss-reactive ketones (excluding diaryl/α,β-unsaturated/α-hetero) is 1. The molecule has 2 aromatic rings. The van der Waals surface area contributed by atoms with Crippen molar-refractivity contribution in [2.45, 2.75) is 44.9 Å². The standard InChI is InChI=1S/C29H33NO6/c1-6-13-36-29(32)26-17(2)30-21-14-19(18-11-12-24(34-4)25(16-18)35-5)15-22(31)28(21)27(26)20-9-7-8-10-23(20)33-3/h7-12,16,19,26-27H,6,13-15H2,1-5H3/t19-,26?,27-/m1/s1. The lowest BCUT2D eigenvalue weighted by Gasteiger charge is -2.37. The molecule has 2 aromatic carbocycles. The minimum absolute atomic E-state index is 0.0171. The Morgan fingerprint density at radius 2 is 1.69 bits per heavy atom. The van der Waals surface area contributed by atoms with Crippen LogP contribution in [0.1, 0.15) is 56.1 Å². The van der Waals surface area contributed by atoms with E-state index in [1.54, 1.807) is 21.3 Å². The van der Waals surface area contributed by atoms with Gasteiger partial charge in [0, 0.05) is 34.9 Å². The number of carbonyl (C=O) groups is 2. The third-order valence-corrected chi connectivity index (χ3v) is 6.94. The molecule has 7 nitrogen and oxygen atoms in total. The minimum Gasteiger partial charge on any atom is -0.496 e. The molecule has 3 atom stereocenters. The van der Waals surface area contributed by atoms with Crippen LogP contribution >= 0.6 is 0 Å². The molecule has 1 aliphatic heterocycles. The quantitative estimate of drug-likeness (QED) is 0.470.